The van der Waals surface area contributed by atoms with Crippen LogP contribution in [0.5, 0.6) is 11.5 Å². The lowest BCUT2D eigenvalue weighted by atomic mass is 10.0. The number of aromatic nitrogens is 1. The van der Waals surface area contributed by atoms with Crippen molar-refractivity contribution in [1.82, 2.24) is 15.2 Å². The van der Waals surface area contributed by atoms with Gasteiger partial charge in [0.2, 0.25) is 11.8 Å². The van der Waals surface area contributed by atoms with Gasteiger partial charge in [0.25, 0.3) is 5.91 Å². The summed E-state index contributed by atoms with van der Waals surface area (Å²) in [4.78, 5) is 44.3. The molecule has 1 fully saturated rings. The van der Waals surface area contributed by atoms with Gasteiger partial charge in [-0.15, -0.1) is 0 Å². The fourth-order valence-corrected chi connectivity index (χ4v) is 4.31. The fraction of sp³-hybridized carbons (Fsp3) is 0.259. The minimum Gasteiger partial charge on any atom is -0.493 e. The molecule has 1 aromatic heterocycles. The van der Waals surface area contributed by atoms with E-state index in [0.29, 0.717) is 28.3 Å². The number of methoxy groups -OCH3 is 1. The van der Waals surface area contributed by atoms with E-state index in [1.807, 2.05) is 18.2 Å². The van der Waals surface area contributed by atoms with Crippen LogP contribution in [0.4, 0.5) is 5.69 Å². The van der Waals surface area contributed by atoms with E-state index < -0.39 is 11.9 Å². The summed E-state index contributed by atoms with van der Waals surface area (Å²) >= 11 is 0. The van der Waals surface area contributed by atoms with E-state index >= 15 is 0 Å². The van der Waals surface area contributed by atoms with E-state index in [9.17, 15) is 14.4 Å². The third kappa shape index (κ3) is 4.86. The summed E-state index contributed by atoms with van der Waals surface area (Å²) in [6, 6.07) is 15.3. The van der Waals surface area contributed by atoms with Crippen molar-refractivity contribution in [3.63, 3.8) is 0 Å². The van der Waals surface area contributed by atoms with Crippen LogP contribution in [0.1, 0.15) is 40.4 Å². The summed E-state index contributed by atoms with van der Waals surface area (Å²) in [5, 5.41) is 5.46. The van der Waals surface area contributed by atoms with Gasteiger partial charge in [-0.1, -0.05) is 24.3 Å². The average molecular weight is 487 g/mol. The van der Waals surface area contributed by atoms with Crippen LogP contribution in [-0.2, 0) is 16.2 Å². The van der Waals surface area contributed by atoms with Gasteiger partial charge in [-0.05, 0) is 42.7 Å². The third-order valence-electron chi connectivity index (χ3n) is 6.17. The lowest BCUT2D eigenvalue weighted by molar-refractivity contribution is -0.127. The monoisotopic (exact) mass is 486 g/mol. The molecule has 2 heterocycles. The number of ether oxygens (including phenoxy) is 2. The fourth-order valence-electron chi connectivity index (χ4n) is 4.31. The largest absolute Gasteiger partial charge is 0.493 e. The first-order chi connectivity index (χ1) is 17.5. The van der Waals surface area contributed by atoms with Gasteiger partial charge < -0.3 is 25.0 Å². The molecule has 2 aliphatic rings. The number of pyridine rings is 1. The Morgan fingerprint density at radius 2 is 1.92 bits per heavy atom. The lowest BCUT2D eigenvalue weighted by Crippen LogP contribution is -2.42. The quantitative estimate of drug-likeness (QED) is 0.481. The van der Waals surface area contributed by atoms with Crippen molar-refractivity contribution in [1.29, 1.82) is 0 Å². The molecule has 1 saturated carbocycles. The van der Waals surface area contributed by atoms with Crippen LogP contribution < -0.4 is 20.1 Å². The number of hydrogen-bond acceptors (Lipinski definition) is 6. The maximum atomic E-state index is 13.1. The number of nitrogens with zero attached hydrogens (tertiary/aromatic N) is 2. The van der Waals surface area contributed by atoms with Gasteiger partial charge >= 0.3 is 0 Å². The zero-order valence-corrected chi connectivity index (χ0v) is 19.8. The molecule has 1 atom stereocenters. The molecule has 5 rings (SSSR count). The third-order valence-corrected chi connectivity index (χ3v) is 6.17. The molecule has 184 valence electrons. The molecule has 0 bridgehead atoms. The lowest BCUT2D eigenvalue weighted by Gasteiger charge is -2.24. The van der Waals surface area contributed by atoms with E-state index in [1.165, 1.54) is 7.11 Å². The van der Waals surface area contributed by atoms with E-state index in [-0.39, 0.29) is 31.0 Å². The molecule has 3 aromatic rings. The SMILES string of the molecule is COc1ccc(NC(=O)CNC(=O)C2c3ccccc3C(=O)N2C2CC2)cc1OCc1cccnc1. The predicted molar refractivity (Wildman–Crippen MR) is 132 cm³/mol. The molecule has 36 heavy (non-hydrogen) atoms. The van der Waals surface area contributed by atoms with Crippen LogP contribution in [0.15, 0.2) is 67.0 Å². The van der Waals surface area contributed by atoms with Crippen molar-refractivity contribution in [2.24, 2.45) is 0 Å². The molecular weight excluding hydrogens is 460 g/mol. The molecule has 9 nitrogen and oxygen atoms in total. The van der Waals surface area contributed by atoms with Gasteiger partial charge in [0.05, 0.1) is 13.7 Å². The minimum atomic E-state index is -0.720. The normalized spacial score (nSPS) is 16.3. The summed E-state index contributed by atoms with van der Waals surface area (Å²) in [7, 11) is 1.54. The Hall–Kier alpha value is -4.40. The molecule has 1 aliphatic heterocycles. The standard InChI is InChI=1S/C27H26N4O5/c1-35-22-11-8-18(13-23(22)36-16-17-5-4-12-28-14-17)30-24(32)15-29-26(33)25-20-6-2-3-7-21(20)27(34)31(25)19-9-10-19/h2-8,11-14,19,25H,9-10,15-16H2,1H3,(H,29,33)(H,30,32). The first-order valence-corrected chi connectivity index (χ1v) is 11.7. The smallest absolute Gasteiger partial charge is 0.255 e. The van der Waals surface area contributed by atoms with Crippen molar-refractivity contribution in [3.05, 3.63) is 83.7 Å². The van der Waals surface area contributed by atoms with Gasteiger partial charge in [0, 0.05) is 41.3 Å². The van der Waals surface area contributed by atoms with Crippen LogP contribution in [0.25, 0.3) is 0 Å². The van der Waals surface area contributed by atoms with Crippen LogP contribution >= 0.6 is 0 Å². The molecule has 9 heteroatoms. The van der Waals surface area contributed by atoms with Crippen molar-refractivity contribution in [2.45, 2.75) is 31.5 Å². The molecule has 3 amide bonds. The van der Waals surface area contributed by atoms with Crippen LogP contribution in [0.2, 0.25) is 0 Å². The number of hydrogen-bond donors (Lipinski definition) is 2. The second-order valence-electron chi connectivity index (χ2n) is 8.71. The first kappa shape index (κ1) is 23.3. The Morgan fingerprint density at radius 3 is 2.67 bits per heavy atom. The van der Waals surface area contributed by atoms with E-state index in [1.54, 1.807) is 53.7 Å². The van der Waals surface area contributed by atoms with Crippen LogP contribution in [0, 0.1) is 0 Å². The number of carbonyl (C=O) groups excluding carboxylic acids is 3. The van der Waals surface area contributed by atoms with Crippen LogP contribution in [-0.4, -0.2) is 47.3 Å². The highest BCUT2D eigenvalue weighted by Gasteiger charge is 2.47. The van der Waals surface area contributed by atoms with Crippen molar-refractivity contribution >= 4 is 23.4 Å². The Morgan fingerprint density at radius 1 is 1.08 bits per heavy atom. The summed E-state index contributed by atoms with van der Waals surface area (Å²) in [5.74, 6) is 0.0851. The molecule has 1 aliphatic carbocycles. The number of rotatable bonds is 9. The van der Waals surface area contributed by atoms with Gasteiger partial charge in [-0.3, -0.25) is 19.4 Å². The molecule has 2 aromatic carbocycles. The topological polar surface area (TPSA) is 110 Å². The van der Waals surface area contributed by atoms with E-state index in [4.69, 9.17) is 9.47 Å². The number of carbonyl (C=O) groups is 3. The molecule has 1 unspecified atom stereocenters. The van der Waals surface area contributed by atoms with Gasteiger partial charge in [0.15, 0.2) is 11.5 Å². The summed E-state index contributed by atoms with van der Waals surface area (Å²) in [5.41, 5.74) is 2.62. The zero-order valence-electron chi connectivity index (χ0n) is 19.8. The highest BCUT2D eigenvalue weighted by Crippen LogP contribution is 2.41. The second-order valence-corrected chi connectivity index (χ2v) is 8.71. The minimum absolute atomic E-state index is 0.0684. The summed E-state index contributed by atoms with van der Waals surface area (Å²) in [6.45, 7) is 0.0544. The molecule has 0 saturated heterocycles. The van der Waals surface area contributed by atoms with Gasteiger partial charge in [0.1, 0.15) is 12.6 Å². The Bertz CT molecular complexity index is 1290. The predicted octanol–water partition coefficient (Wildman–Crippen LogP) is 3.08. The van der Waals surface area contributed by atoms with Crippen LogP contribution in [0.3, 0.4) is 0 Å². The number of fused-ring (bicyclic) bond motifs is 1. The summed E-state index contributed by atoms with van der Waals surface area (Å²) in [6.07, 6.45) is 5.16. The molecular formula is C27H26N4O5. The average Bonchev–Trinajstić information content (AvgIpc) is 3.70. The number of amides is 3. The van der Waals surface area contributed by atoms with E-state index in [0.717, 1.165) is 18.4 Å². The number of anilines is 1. The van der Waals surface area contributed by atoms with Gasteiger partial charge in [-0.25, -0.2) is 0 Å². The maximum Gasteiger partial charge on any atom is 0.255 e. The molecule has 2 N–H and O–H groups in total. The Kier molecular flexibility index (Phi) is 6.53. The van der Waals surface area contributed by atoms with Crippen molar-refractivity contribution in [3.8, 4) is 11.5 Å². The second kappa shape index (κ2) is 10.1. The Balaban J connectivity index is 1.21. The highest BCUT2D eigenvalue weighted by atomic mass is 16.5. The maximum absolute atomic E-state index is 13.1. The van der Waals surface area contributed by atoms with Crippen molar-refractivity contribution in [2.75, 3.05) is 19.0 Å². The highest BCUT2D eigenvalue weighted by molar-refractivity contribution is 6.05. The van der Waals surface area contributed by atoms with Gasteiger partial charge in [-0.2, -0.15) is 0 Å². The molecule has 0 radical (unpaired) electrons. The number of nitrogens with one attached hydrogen (secondary N) is 2. The molecule has 0 spiro atoms. The Labute approximate surface area is 208 Å². The first-order valence-electron chi connectivity index (χ1n) is 11.7. The summed E-state index contributed by atoms with van der Waals surface area (Å²) < 4.78 is 11.2. The zero-order chi connectivity index (χ0) is 25.1. The van der Waals surface area contributed by atoms with E-state index in [2.05, 4.69) is 15.6 Å². The van der Waals surface area contributed by atoms with Crippen molar-refractivity contribution < 1.29 is 23.9 Å². The number of benzene rings is 2.